The van der Waals surface area contributed by atoms with Gasteiger partial charge in [0.15, 0.2) is 0 Å². The second-order valence-corrected chi connectivity index (χ2v) is 9.69. The molecule has 0 radical (unpaired) electrons. The Hall–Kier alpha value is -3.55. The summed E-state index contributed by atoms with van der Waals surface area (Å²) in [5.74, 6) is -1.10. The number of nitrogens with one attached hydrogen (secondary N) is 1. The van der Waals surface area contributed by atoms with Crippen LogP contribution in [-0.2, 0) is 14.3 Å². The molecule has 1 unspecified atom stereocenters. The van der Waals surface area contributed by atoms with Crippen LogP contribution in [0.25, 0.3) is 11.1 Å². The maximum absolute atomic E-state index is 12.3. The van der Waals surface area contributed by atoms with Crippen molar-refractivity contribution >= 4 is 18.2 Å². The fourth-order valence-electron chi connectivity index (χ4n) is 4.25. The number of aliphatic carboxylic acids is 1. The SMILES string of the molecule is CN(C(=O)OC(C)(C)C)C(CCCCNC(=O)OCC1c2ccccc2-c2ccccc21)C(=O)O. The quantitative estimate of drug-likeness (QED) is 0.487. The highest BCUT2D eigenvalue weighted by molar-refractivity contribution is 5.80. The average molecular weight is 483 g/mol. The number of carbonyl (C=O) groups excluding carboxylic acids is 2. The molecule has 0 saturated heterocycles. The summed E-state index contributed by atoms with van der Waals surface area (Å²) in [6.07, 6.45) is 0.121. The Labute approximate surface area is 206 Å². The summed E-state index contributed by atoms with van der Waals surface area (Å²) in [6.45, 7) is 5.76. The Balaban J connectivity index is 1.42. The van der Waals surface area contributed by atoms with E-state index in [0.717, 1.165) is 16.0 Å². The van der Waals surface area contributed by atoms with Gasteiger partial charge in [0.2, 0.25) is 0 Å². The summed E-state index contributed by atoms with van der Waals surface area (Å²) < 4.78 is 10.8. The van der Waals surface area contributed by atoms with E-state index < -0.39 is 29.8 Å². The molecule has 1 aliphatic carbocycles. The van der Waals surface area contributed by atoms with E-state index in [1.807, 2.05) is 24.3 Å². The third-order valence-corrected chi connectivity index (χ3v) is 5.95. The van der Waals surface area contributed by atoms with Crippen molar-refractivity contribution in [1.29, 1.82) is 0 Å². The summed E-state index contributed by atoms with van der Waals surface area (Å²) in [5.41, 5.74) is 3.93. The van der Waals surface area contributed by atoms with Crippen molar-refractivity contribution in [1.82, 2.24) is 10.2 Å². The summed E-state index contributed by atoms with van der Waals surface area (Å²) in [4.78, 5) is 37.2. The fraction of sp³-hybridized carbons (Fsp3) is 0.444. The van der Waals surface area contributed by atoms with Crippen molar-refractivity contribution in [2.45, 2.75) is 57.6 Å². The average Bonchev–Trinajstić information content (AvgIpc) is 3.12. The number of fused-ring (bicyclic) bond motifs is 3. The van der Waals surface area contributed by atoms with Crippen LogP contribution in [0.5, 0.6) is 0 Å². The first-order valence-electron chi connectivity index (χ1n) is 11.9. The zero-order valence-corrected chi connectivity index (χ0v) is 20.7. The third-order valence-electron chi connectivity index (χ3n) is 5.95. The van der Waals surface area contributed by atoms with Gasteiger partial charge in [0.1, 0.15) is 18.2 Å². The lowest BCUT2D eigenvalue weighted by Gasteiger charge is -2.28. The lowest BCUT2D eigenvalue weighted by molar-refractivity contribution is -0.143. The molecule has 2 aromatic carbocycles. The number of amides is 2. The summed E-state index contributed by atoms with van der Waals surface area (Å²) >= 11 is 0. The normalized spacial score (nSPS) is 13.4. The van der Waals surface area contributed by atoms with Gasteiger partial charge >= 0.3 is 18.2 Å². The van der Waals surface area contributed by atoms with Gasteiger partial charge in [0, 0.05) is 19.5 Å². The highest BCUT2D eigenvalue weighted by atomic mass is 16.6. The molecule has 35 heavy (non-hydrogen) atoms. The van der Waals surface area contributed by atoms with E-state index in [4.69, 9.17) is 9.47 Å². The predicted octanol–water partition coefficient (Wildman–Crippen LogP) is 5.02. The lowest BCUT2D eigenvalue weighted by atomic mass is 9.98. The predicted molar refractivity (Wildman–Crippen MR) is 132 cm³/mol. The number of carbonyl (C=O) groups is 3. The van der Waals surface area contributed by atoms with E-state index in [1.54, 1.807) is 20.8 Å². The largest absolute Gasteiger partial charge is 0.480 e. The summed E-state index contributed by atoms with van der Waals surface area (Å²) in [5, 5.41) is 12.2. The molecule has 1 atom stereocenters. The number of carboxylic acid groups (broad SMARTS) is 1. The first kappa shape index (κ1) is 26.1. The molecule has 8 nitrogen and oxygen atoms in total. The van der Waals surface area contributed by atoms with Gasteiger partial charge in [0.05, 0.1) is 0 Å². The summed E-state index contributed by atoms with van der Waals surface area (Å²) in [7, 11) is 1.42. The van der Waals surface area contributed by atoms with Crippen molar-refractivity contribution in [3.8, 4) is 11.1 Å². The minimum absolute atomic E-state index is 0.00661. The first-order chi connectivity index (χ1) is 16.6. The van der Waals surface area contributed by atoms with Gasteiger partial charge in [0.25, 0.3) is 0 Å². The number of rotatable bonds is 9. The molecule has 188 valence electrons. The maximum atomic E-state index is 12.3. The molecule has 8 heteroatoms. The number of likely N-dealkylation sites (N-methyl/N-ethyl adjacent to an activating group) is 1. The lowest BCUT2D eigenvalue weighted by Crippen LogP contribution is -2.44. The number of alkyl carbamates (subject to hydrolysis) is 1. The number of carboxylic acids is 1. The highest BCUT2D eigenvalue weighted by Gasteiger charge is 2.30. The van der Waals surface area contributed by atoms with E-state index in [2.05, 4.69) is 29.6 Å². The Morgan fingerprint density at radius 2 is 1.57 bits per heavy atom. The number of hydrogen-bond acceptors (Lipinski definition) is 5. The van der Waals surface area contributed by atoms with Crippen molar-refractivity contribution in [3.05, 3.63) is 59.7 Å². The van der Waals surface area contributed by atoms with Gasteiger partial charge in [-0.05, 0) is 62.3 Å². The van der Waals surface area contributed by atoms with Gasteiger partial charge in [-0.25, -0.2) is 14.4 Å². The Morgan fingerprint density at radius 1 is 1.00 bits per heavy atom. The molecule has 3 rings (SSSR count). The molecule has 2 aromatic rings. The van der Waals surface area contributed by atoms with Crippen LogP contribution in [0.15, 0.2) is 48.5 Å². The third kappa shape index (κ3) is 6.74. The highest BCUT2D eigenvalue weighted by Crippen LogP contribution is 2.44. The molecular weight excluding hydrogens is 448 g/mol. The van der Waals surface area contributed by atoms with Crippen LogP contribution < -0.4 is 5.32 Å². The molecule has 2 amide bonds. The second kappa shape index (κ2) is 11.3. The smallest absolute Gasteiger partial charge is 0.410 e. The van der Waals surface area contributed by atoms with Gasteiger partial charge < -0.3 is 19.9 Å². The topological polar surface area (TPSA) is 105 Å². The number of unbranched alkanes of at least 4 members (excludes halogenated alkanes) is 1. The van der Waals surface area contributed by atoms with Crippen LogP contribution in [0, 0.1) is 0 Å². The molecule has 0 heterocycles. The van der Waals surface area contributed by atoms with Gasteiger partial charge in [-0.3, -0.25) is 4.90 Å². The second-order valence-electron chi connectivity index (χ2n) is 9.69. The van der Waals surface area contributed by atoms with Gasteiger partial charge in [-0.15, -0.1) is 0 Å². The minimum atomic E-state index is -1.09. The van der Waals surface area contributed by atoms with Crippen molar-refractivity contribution in [3.63, 3.8) is 0 Å². The van der Waals surface area contributed by atoms with Gasteiger partial charge in [-0.1, -0.05) is 48.5 Å². The monoisotopic (exact) mass is 482 g/mol. The molecule has 0 fully saturated rings. The van der Waals surface area contributed by atoms with Crippen LogP contribution in [0.4, 0.5) is 9.59 Å². The van der Waals surface area contributed by atoms with Crippen LogP contribution in [0.3, 0.4) is 0 Å². The van der Waals surface area contributed by atoms with Crippen molar-refractivity contribution in [2.24, 2.45) is 0 Å². The van der Waals surface area contributed by atoms with Crippen molar-refractivity contribution < 1.29 is 29.0 Å². The van der Waals surface area contributed by atoms with E-state index >= 15 is 0 Å². The molecule has 1 aliphatic rings. The van der Waals surface area contributed by atoms with Crippen LogP contribution >= 0.6 is 0 Å². The maximum Gasteiger partial charge on any atom is 0.410 e. The molecule has 0 bridgehead atoms. The minimum Gasteiger partial charge on any atom is -0.480 e. The Bertz CT molecular complexity index is 1020. The van der Waals surface area contributed by atoms with E-state index in [1.165, 1.54) is 18.2 Å². The number of hydrogen-bond donors (Lipinski definition) is 2. The molecule has 2 N–H and O–H groups in total. The van der Waals surface area contributed by atoms with Crippen molar-refractivity contribution in [2.75, 3.05) is 20.2 Å². The van der Waals surface area contributed by atoms with Gasteiger partial charge in [-0.2, -0.15) is 0 Å². The fourth-order valence-corrected chi connectivity index (χ4v) is 4.25. The summed E-state index contributed by atoms with van der Waals surface area (Å²) in [6, 6.07) is 15.3. The first-order valence-corrected chi connectivity index (χ1v) is 11.9. The Morgan fingerprint density at radius 3 is 2.11 bits per heavy atom. The standard InChI is InChI=1S/C27H34N2O6/c1-27(2,3)35-26(33)29(4)23(24(30)31)15-9-10-16-28-25(32)34-17-22-20-13-7-5-11-18(20)19-12-6-8-14-21(19)22/h5-8,11-14,22-23H,9-10,15-17H2,1-4H3,(H,28,32)(H,30,31). The number of nitrogens with zero attached hydrogens (tertiary/aromatic N) is 1. The zero-order valence-electron chi connectivity index (χ0n) is 20.7. The van der Waals surface area contributed by atoms with E-state index in [-0.39, 0.29) is 18.9 Å². The molecule has 0 spiro atoms. The number of benzene rings is 2. The number of ether oxygens (including phenoxy) is 2. The molecule has 0 aliphatic heterocycles. The van der Waals surface area contributed by atoms with E-state index in [0.29, 0.717) is 19.4 Å². The van der Waals surface area contributed by atoms with Crippen LogP contribution in [0.2, 0.25) is 0 Å². The van der Waals surface area contributed by atoms with E-state index in [9.17, 15) is 19.5 Å². The molecule has 0 aromatic heterocycles. The van der Waals surface area contributed by atoms with Crippen LogP contribution in [0.1, 0.15) is 57.1 Å². The zero-order chi connectivity index (χ0) is 25.6. The molecular formula is C27H34N2O6. The Kier molecular flexibility index (Phi) is 8.38. The van der Waals surface area contributed by atoms with Crippen LogP contribution in [-0.4, -0.2) is 60.0 Å². The molecule has 0 saturated carbocycles.